The highest BCUT2D eigenvalue weighted by atomic mass is 16.7. The number of hydrogen-bond donors (Lipinski definition) is 1. The van der Waals surface area contributed by atoms with Crippen LogP contribution in [0.25, 0.3) is 0 Å². The normalized spacial score (nSPS) is 22.0. The van der Waals surface area contributed by atoms with Gasteiger partial charge in [0.1, 0.15) is 18.7 Å². The number of nitrogens with zero attached hydrogens (tertiary/aromatic N) is 2. The van der Waals surface area contributed by atoms with Gasteiger partial charge in [-0.25, -0.2) is 10.1 Å². The molecule has 0 aromatic carbocycles. The molecule has 1 fully saturated rings. The molecule has 1 aliphatic rings. The topological polar surface area (TPSA) is 66.6 Å². The zero-order valence-electron chi connectivity index (χ0n) is 5.78. The molecule has 0 saturated carbocycles. The fourth-order valence-electron chi connectivity index (χ4n) is 0.972. The molecule has 1 rings (SSSR count). The van der Waals surface area contributed by atoms with E-state index in [9.17, 15) is 15.2 Å². The number of β-amino-alcohol motifs (C(OH)–C–C–N with tert-alkyl or cyclic N) is 1. The Morgan fingerprint density at radius 3 is 2.60 bits per heavy atom. The van der Waals surface area contributed by atoms with Gasteiger partial charge in [0.15, 0.2) is 5.03 Å². The lowest BCUT2D eigenvalue weighted by molar-refractivity contribution is -0.680. The minimum absolute atomic E-state index is 0.163. The molecule has 0 bridgehead atoms. The second-order valence-electron chi connectivity index (χ2n) is 2.64. The van der Waals surface area contributed by atoms with Crippen LogP contribution in [0.15, 0.2) is 0 Å². The summed E-state index contributed by atoms with van der Waals surface area (Å²) in [6.45, 7) is 2.14. The molecule has 1 aliphatic heterocycles. The van der Waals surface area contributed by atoms with Crippen molar-refractivity contribution in [1.29, 1.82) is 0 Å². The van der Waals surface area contributed by atoms with E-state index in [2.05, 4.69) is 0 Å². The van der Waals surface area contributed by atoms with Crippen molar-refractivity contribution in [2.24, 2.45) is 0 Å². The fourth-order valence-corrected chi connectivity index (χ4v) is 0.972. The highest BCUT2D eigenvalue weighted by Gasteiger charge is 2.45. The van der Waals surface area contributed by atoms with Crippen LogP contribution in [0.1, 0.15) is 13.3 Å². The average Bonchev–Trinajstić information content (AvgIpc) is 1.80. The molecule has 0 aromatic rings. The van der Waals surface area contributed by atoms with E-state index in [1.165, 1.54) is 0 Å². The molecule has 1 saturated heterocycles. The van der Waals surface area contributed by atoms with E-state index in [-0.39, 0.29) is 13.1 Å². The maximum atomic E-state index is 10.0. The Balaban J connectivity index is 2.36. The second-order valence-corrected chi connectivity index (χ2v) is 2.64. The second kappa shape index (κ2) is 2.09. The molecule has 5 nitrogen and oxygen atoms in total. The smallest absolute Gasteiger partial charge is 0.160 e. The number of aliphatic hydroxyl groups is 1. The largest absolute Gasteiger partial charge is 0.386 e. The zero-order chi connectivity index (χ0) is 7.78. The van der Waals surface area contributed by atoms with Gasteiger partial charge in [-0.2, -0.15) is 0 Å². The van der Waals surface area contributed by atoms with E-state index in [4.69, 9.17) is 0 Å². The van der Waals surface area contributed by atoms with Crippen molar-refractivity contribution < 1.29 is 10.1 Å². The maximum absolute atomic E-state index is 10.0. The molecule has 0 spiro atoms. The predicted molar refractivity (Wildman–Crippen MR) is 33.8 cm³/mol. The van der Waals surface area contributed by atoms with Crippen LogP contribution >= 0.6 is 0 Å². The first kappa shape index (κ1) is 7.27. The molecule has 10 heavy (non-hydrogen) atoms. The van der Waals surface area contributed by atoms with Crippen LogP contribution < -0.4 is 0 Å². The van der Waals surface area contributed by atoms with Gasteiger partial charge in [0.25, 0.3) is 0 Å². The third-order valence-corrected chi connectivity index (χ3v) is 1.84. The van der Waals surface area contributed by atoms with E-state index >= 15 is 0 Å². The molecule has 0 aliphatic carbocycles. The summed E-state index contributed by atoms with van der Waals surface area (Å²) in [5, 5.41) is 19.8. The Bertz CT molecular complexity index is 153. The number of nitro groups is 1. The van der Waals surface area contributed by atoms with Crippen molar-refractivity contribution in [3.8, 4) is 0 Å². The van der Waals surface area contributed by atoms with Crippen molar-refractivity contribution in [1.82, 2.24) is 5.01 Å². The fraction of sp³-hybridized carbons (Fsp3) is 1.00. The Hall–Kier alpha value is -0.840. The van der Waals surface area contributed by atoms with Crippen molar-refractivity contribution >= 4 is 0 Å². The van der Waals surface area contributed by atoms with Gasteiger partial charge in [0, 0.05) is 0 Å². The predicted octanol–water partition coefficient (Wildman–Crippen LogP) is -0.365. The summed E-state index contributed by atoms with van der Waals surface area (Å²) in [5.41, 5.74) is -0.799. The Kier molecular flexibility index (Phi) is 1.52. The quantitative estimate of drug-likeness (QED) is 0.426. The summed E-state index contributed by atoms with van der Waals surface area (Å²) >= 11 is 0. The third-order valence-electron chi connectivity index (χ3n) is 1.84. The highest BCUT2D eigenvalue weighted by Crippen LogP contribution is 2.23. The van der Waals surface area contributed by atoms with Crippen LogP contribution in [0.5, 0.6) is 0 Å². The first-order valence-electron chi connectivity index (χ1n) is 3.19. The molecule has 0 radical (unpaired) electrons. The van der Waals surface area contributed by atoms with E-state index in [1.54, 1.807) is 0 Å². The molecule has 0 atom stereocenters. The van der Waals surface area contributed by atoms with E-state index in [0.717, 1.165) is 5.01 Å². The average molecular weight is 146 g/mol. The van der Waals surface area contributed by atoms with Crippen LogP contribution in [0, 0.1) is 10.1 Å². The summed E-state index contributed by atoms with van der Waals surface area (Å²) in [4.78, 5) is 10.0. The van der Waals surface area contributed by atoms with Gasteiger partial charge in [-0.05, 0) is 6.42 Å². The lowest BCUT2D eigenvalue weighted by atomic mass is 9.93. The number of hydrazine groups is 1. The van der Waals surface area contributed by atoms with Crippen molar-refractivity contribution in [2.75, 3.05) is 13.1 Å². The van der Waals surface area contributed by atoms with Gasteiger partial charge < -0.3 is 5.11 Å². The summed E-state index contributed by atoms with van der Waals surface area (Å²) in [7, 11) is 0. The molecule has 0 amide bonds. The summed E-state index contributed by atoms with van der Waals surface area (Å²) in [6.07, 6.45) is 0.581. The first-order valence-corrected chi connectivity index (χ1v) is 3.19. The number of rotatable bonds is 2. The van der Waals surface area contributed by atoms with Crippen LogP contribution in [0.2, 0.25) is 0 Å². The Morgan fingerprint density at radius 2 is 2.30 bits per heavy atom. The Labute approximate surface area is 58.4 Å². The molecule has 58 valence electrons. The Morgan fingerprint density at radius 1 is 1.80 bits per heavy atom. The summed E-state index contributed by atoms with van der Waals surface area (Å²) < 4.78 is 0. The van der Waals surface area contributed by atoms with Gasteiger partial charge in [-0.15, -0.1) is 5.01 Å². The van der Waals surface area contributed by atoms with Gasteiger partial charge in [-0.3, -0.25) is 0 Å². The molecule has 1 heterocycles. The van der Waals surface area contributed by atoms with Crippen LogP contribution in [-0.4, -0.2) is 33.8 Å². The summed E-state index contributed by atoms with van der Waals surface area (Å²) in [5.74, 6) is 0. The zero-order valence-corrected chi connectivity index (χ0v) is 5.78. The molecule has 5 heteroatoms. The van der Waals surface area contributed by atoms with Gasteiger partial charge >= 0.3 is 0 Å². The van der Waals surface area contributed by atoms with E-state index < -0.39 is 10.6 Å². The molecule has 0 aromatic heterocycles. The van der Waals surface area contributed by atoms with Gasteiger partial charge in [-0.1, -0.05) is 6.92 Å². The lowest BCUT2D eigenvalue weighted by Crippen LogP contribution is -2.63. The van der Waals surface area contributed by atoms with Crippen LogP contribution in [0.3, 0.4) is 0 Å². The third kappa shape index (κ3) is 1.04. The maximum Gasteiger partial charge on any atom is 0.160 e. The van der Waals surface area contributed by atoms with Gasteiger partial charge in [0.05, 0.1) is 0 Å². The van der Waals surface area contributed by atoms with Crippen molar-refractivity contribution in [2.45, 2.75) is 18.9 Å². The highest BCUT2D eigenvalue weighted by molar-refractivity contribution is 4.90. The van der Waals surface area contributed by atoms with Crippen molar-refractivity contribution in [3.05, 3.63) is 10.1 Å². The summed E-state index contributed by atoms with van der Waals surface area (Å²) in [6, 6.07) is 0. The first-order chi connectivity index (χ1) is 4.57. The minimum Gasteiger partial charge on any atom is -0.386 e. The van der Waals surface area contributed by atoms with Crippen LogP contribution in [-0.2, 0) is 0 Å². The number of hydrogen-bond acceptors (Lipinski definition) is 3. The van der Waals surface area contributed by atoms with Crippen molar-refractivity contribution in [3.63, 3.8) is 0 Å². The molecule has 1 N–H and O–H groups in total. The van der Waals surface area contributed by atoms with Gasteiger partial charge in [0.2, 0.25) is 0 Å². The molecular formula is C5H10N2O3. The molecular weight excluding hydrogens is 136 g/mol. The SMILES string of the molecule is CCC1(O)CN([N+](=O)[O-])C1. The minimum atomic E-state index is -0.799. The standard InChI is InChI=1S/C5H10N2O3/c1-2-5(8)3-6(4-5)7(9)10/h8H,2-4H2,1H3. The molecule has 0 unspecified atom stereocenters. The van der Waals surface area contributed by atoms with Crippen LogP contribution in [0.4, 0.5) is 0 Å². The van der Waals surface area contributed by atoms with E-state index in [1.807, 2.05) is 6.92 Å². The van der Waals surface area contributed by atoms with E-state index in [0.29, 0.717) is 6.42 Å². The monoisotopic (exact) mass is 146 g/mol. The lowest BCUT2D eigenvalue weighted by Gasteiger charge is -2.39.